The number of rotatable bonds is 9. The Morgan fingerprint density at radius 3 is 2.39 bits per heavy atom. The lowest BCUT2D eigenvalue weighted by atomic mass is 10.0. The lowest BCUT2D eigenvalue weighted by Crippen LogP contribution is -2.31. The Hall–Kier alpha value is -3.65. The zero-order valence-corrected chi connectivity index (χ0v) is 23.1. The number of hydrogen-bond acceptors (Lipinski definition) is 7. The van der Waals surface area contributed by atoms with E-state index in [0.29, 0.717) is 34.0 Å². The van der Waals surface area contributed by atoms with E-state index in [4.69, 9.17) is 26.1 Å². The van der Waals surface area contributed by atoms with Gasteiger partial charge >= 0.3 is 0 Å². The van der Waals surface area contributed by atoms with Gasteiger partial charge in [-0.05, 0) is 83.5 Å². The number of aromatic nitrogens is 1. The van der Waals surface area contributed by atoms with Gasteiger partial charge in [0.15, 0.2) is 11.5 Å². The number of Topliss-reactive ketones (excluding diaryl/α,β-unsaturated/α-hetero) is 1. The summed E-state index contributed by atoms with van der Waals surface area (Å²) < 4.78 is 11.1. The second kappa shape index (κ2) is 13.2. The van der Waals surface area contributed by atoms with Crippen LogP contribution in [0.5, 0.6) is 11.5 Å². The lowest BCUT2D eigenvalue weighted by Gasteiger charge is -2.20. The molecule has 0 spiro atoms. The highest BCUT2D eigenvalue weighted by Crippen LogP contribution is 2.30. The average Bonchev–Trinajstić information content (AvgIpc) is 2.87. The number of carbonyl (C=O) groups is 2. The maximum absolute atomic E-state index is 13.0. The molecule has 0 saturated heterocycles. The van der Waals surface area contributed by atoms with Crippen molar-refractivity contribution in [3.8, 4) is 11.5 Å². The van der Waals surface area contributed by atoms with Crippen molar-refractivity contribution < 1.29 is 19.1 Å². The second-order valence-corrected chi connectivity index (χ2v) is 9.13. The van der Waals surface area contributed by atoms with Crippen molar-refractivity contribution >= 4 is 40.5 Å². The van der Waals surface area contributed by atoms with Gasteiger partial charge in [0.1, 0.15) is 5.82 Å². The molecule has 1 heterocycles. The van der Waals surface area contributed by atoms with Gasteiger partial charge in [-0.1, -0.05) is 19.0 Å². The number of methoxy groups -OCH3 is 1. The smallest absolute Gasteiger partial charge is 0.255 e. The van der Waals surface area contributed by atoms with E-state index in [1.54, 1.807) is 25.1 Å². The Kier molecular flexibility index (Phi) is 10.6. The topological polar surface area (TPSA) is 93.1 Å². The highest BCUT2D eigenvalue weighted by atomic mass is 35.5. The van der Waals surface area contributed by atoms with E-state index < -0.39 is 11.7 Å². The molecule has 1 N–H and O–H groups in total. The second-order valence-electron chi connectivity index (χ2n) is 8.76. The number of pyridine rings is 1. The summed E-state index contributed by atoms with van der Waals surface area (Å²) in [5, 5.41) is 2.67. The molecule has 9 heteroatoms. The molecule has 0 unspecified atom stereocenters. The van der Waals surface area contributed by atoms with Crippen molar-refractivity contribution in [2.75, 3.05) is 25.1 Å². The summed E-state index contributed by atoms with van der Waals surface area (Å²) in [6.07, 6.45) is 1.48. The van der Waals surface area contributed by atoms with E-state index in [-0.39, 0.29) is 24.3 Å². The van der Waals surface area contributed by atoms with Crippen LogP contribution in [0.4, 0.5) is 11.5 Å². The van der Waals surface area contributed by atoms with Crippen LogP contribution in [0.25, 0.3) is 0 Å². The molecule has 0 aliphatic heterocycles. The number of ether oxygens (including phenoxy) is 2. The van der Waals surface area contributed by atoms with E-state index in [0.717, 1.165) is 24.6 Å². The van der Waals surface area contributed by atoms with Gasteiger partial charge in [-0.25, -0.2) is 9.98 Å². The summed E-state index contributed by atoms with van der Waals surface area (Å²) in [4.78, 5) is 37.4. The number of benzene rings is 1. The van der Waals surface area contributed by atoms with Crippen molar-refractivity contribution in [2.24, 2.45) is 4.99 Å². The van der Waals surface area contributed by atoms with Gasteiger partial charge in [-0.15, -0.1) is 0 Å². The van der Waals surface area contributed by atoms with Gasteiger partial charge in [-0.2, -0.15) is 0 Å². The van der Waals surface area contributed by atoms with Crippen LogP contribution >= 0.6 is 11.6 Å². The lowest BCUT2D eigenvalue weighted by molar-refractivity contribution is -0.112. The Morgan fingerprint density at radius 1 is 1.13 bits per heavy atom. The van der Waals surface area contributed by atoms with Crippen LogP contribution in [-0.4, -0.2) is 48.7 Å². The molecule has 0 saturated carbocycles. The van der Waals surface area contributed by atoms with Crippen molar-refractivity contribution in [1.29, 1.82) is 0 Å². The third-order valence-corrected chi connectivity index (χ3v) is 6.30. The minimum absolute atomic E-state index is 0. The van der Waals surface area contributed by atoms with Crippen molar-refractivity contribution in [3.05, 3.63) is 64.0 Å². The number of nitrogens with zero attached hydrogens (tertiary/aromatic N) is 3. The molecule has 1 amide bonds. The van der Waals surface area contributed by atoms with Gasteiger partial charge in [-0.3, -0.25) is 9.59 Å². The number of halogens is 1. The molecule has 1 aliphatic carbocycles. The number of nitrogens with one attached hydrogen (secondary N) is 1. The number of anilines is 1. The molecule has 3 rings (SSSR count). The summed E-state index contributed by atoms with van der Waals surface area (Å²) in [6, 6.07) is 8.63. The number of amides is 1. The highest BCUT2D eigenvalue weighted by molar-refractivity contribution is 6.49. The van der Waals surface area contributed by atoms with E-state index in [1.807, 2.05) is 32.9 Å². The molecule has 0 fully saturated rings. The molecule has 38 heavy (non-hydrogen) atoms. The summed E-state index contributed by atoms with van der Waals surface area (Å²) in [6.45, 7) is 13.3. The molecule has 204 valence electrons. The Bertz CT molecular complexity index is 1290. The van der Waals surface area contributed by atoms with Crippen LogP contribution in [0, 0.1) is 6.92 Å². The largest absolute Gasteiger partial charge is 0.493 e. The van der Waals surface area contributed by atoms with Crippen LogP contribution in [0.1, 0.15) is 58.1 Å². The summed E-state index contributed by atoms with van der Waals surface area (Å²) in [5.74, 6) is 0.842. The number of hydrogen-bond donors (Lipinski definition) is 1. The zero-order valence-electron chi connectivity index (χ0n) is 22.3. The first-order chi connectivity index (χ1) is 17.6. The standard InChI is InChI=1S/C28H33ClN4O4.CH4/c1-8-33(9-2)25-13-11-20(18(6)30-25)31-21-15-22(27(34)26(29)17(21)5)32-28(35)19-10-12-23(37-16(3)4)24(14-19)36-7;/h10-16H,8-9H2,1-7H3,(H,32,35);1H4. The fraction of sp³-hybridized carbons (Fsp3) is 0.379. The fourth-order valence-electron chi connectivity index (χ4n) is 3.79. The highest BCUT2D eigenvalue weighted by Gasteiger charge is 2.26. The van der Waals surface area contributed by atoms with Crippen LogP contribution in [0.3, 0.4) is 0 Å². The van der Waals surface area contributed by atoms with E-state index in [2.05, 4.69) is 29.0 Å². The Morgan fingerprint density at radius 2 is 1.82 bits per heavy atom. The maximum Gasteiger partial charge on any atom is 0.255 e. The number of ketones is 1. The molecule has 0 radical (unpaired) electrons. The summed E-state index contributed by atoms with van der Waals surface area (Å²) in [7, 11) is 1.50. The molecule has 0 bridgehead atoms. The van der Waals surface area contributed by atoms with Gasteiger partial charge in [0.2, 0.25) is 5.78 Å². The first kappa shape index (κ1) is 30.6. The fourth-order valence-corrected chi connectivity index (χ4v) is 3.99. The van der Waals surface area contributed by atoms with Crippen molar-refractivity contribution in [3.63, 3.8) is 0 Å². The number of allylic oxidation sites excluding steroid dienone is 3. The maximum atomic E-state index is 13.0. The van der Waals surface area contributed by atoms with E-state index in [1.165, 1.54) is 13.2 Å². The van der Waals surface area contributed by atoms with Gasteiger partial charge < -0.3 is 19.7 Å². The van der Waals surface area contributed by atoms with Gasteiger partial charge in [0.25, 0.3) is 5.91 Å². The monoisotopic (exact) mass is 540 g/mol. The molecule has 1 aliphatic rings. The number of aliphatic imine (C=N–C) groups is 1. The van der Waals surface area contributed by atoms with Gasteiger partial charge in [0.05, 0.1) is 41.0 Å². The first-order valence-corrected chi connectivity index (χ1v) is 12.6. The first-order valence-electron chi connectivity index (χ1n) is 12.2. The van der Waals surface area contributed by atoms with Gasteiger partial charge in [0, 0.05) is 18.7 Å². The summed E-state index contributed by atoms with van der Waals surface area (Å²) in [5.41, 5.74) is 2.72. The molecular weight excluding hydrogens is 504 g/mol. The zero-order chi connectivity index (χ0) is 27.3. The average molecular weight is 541 g/mol. The van der Waals surface area contributed by atoms with E-state index >= 15 is 0 Å². The minimum atomic E-state index is -0.487. The number of carbonyl (C=O) groups excluding carboxylic acids is 2. The van der Waals surface area contributed by atoms with Crippen molar-refractivity contribution in [2.45, 2.75) is 55.1 Å². The minimum Gasteiger partial charge on any atom is -0.493 e. The van der Waals surface area contributed by atoms with Crippen LogP contribution < -0.4 is 19.7 Å². The normalized spacial score (nSPS) is 14.3. The van der Waals surface area contributed by atoms with Crippen molar-refractivity contribution in [1.82, 2.24) is 10.3 Å². The van der Waals surface area contributed by atoms with Crippen LogP contribution in [0.15, 0.2) is 57.7 Å². The molecule has 1 aromatic heterocycles. The quantitative estimate of drug-likeness (QED) is 0.383. The third kappa shape index (κ3) is 6.81. The Balaban J connectivity index is 0.00000507. The molecular formula is C29H37ClN4O4. The van der Waals surface area contributed by atoms with Crippen LogP contribution in [0.2, 0.25) is 0 Å². The van der Waals surface area contributed by atoms with Crippen LogP contribution in [-0.2, 0) is 4.79 Å². The van der Waals surface area contributed by atoms with E-state index in [9.17, 15) is 9.59 Å². The molecule has 2 aromatic rings. The summed E-state index contributed by atoms with van der Waals surface area (Å²) >= 11 is 6.36. The predicted molar refractivity (Wildman–Crippen MR) is 154 cm³/mol. The molecule has 8 nitrogen and oxygen atoms in total. The predicted octanol–water partition coefficient (Wildman–Crippen LogP) is 6.15. The SMILES string of the molecule is C.CCN(CC)c1ccc(N=C2C=C(NC(=O)c3ccc(OC(C)C)c(OC)c3)C(=O)C(Cl)=C2C)c(C)n1. The number of aryl methyl sites for hydroxylation is 1. The molecule has 1 aromatic carbocycles. The Labute approximate surface area is 230 Å². The molecule has 0 atom stereocenters. The third-order valence-electron chi connectivity index (χ3n) is 5.85.